The van der Waals surface area contributed by atoms with Crippen LogP contribution in [0.3, 0.4) is 0 Å². The number of amides is 2. The van der Waals surface area contributed by atoms with Crippen LogP contribution in [0.25, 0.3) is 5.65 Å². The number of imide groups is 1. The fraction of sp³-hybridized carbons (Fsp3) is 0.379. The molecule has 0 aliphatic carbocycles. The van der Waals surface area contributed by atoms with Gasteiger partial charge in [-0.1, -0.05) is 70.7 Å². The lowest BCUT2D eigenvalue weighted by atomic mass is 10.1. The number of hydrogen-bond acceptors (Lipinski definition) is 6. The van der Waals surface area contributed by atoms with Crippen LogP contribution in [0.5, 0.6) is 0 Å². The number of fused-ring (bicyclic) bond motifs is 1. The predicted octanol–water partition coefficient (Wildman–Crippen LogP) is 5.65. The molecular weight excluding hydrogens is 464 g/mol. The first kappa shape index (κ1) is 29.3. The molecule has 2 heterocycles. The number of hydrogen-bond donors (Lipinski definition) is 2. The molecule has 0 radical (unpaired) electrons. The minimum absolute atomic E-state index is 0.299. The van der Waals surface area contributed by atoms with Gasteiger partial charge in [0.1, 0.15) is 11.6 Å². The highest BCUT2D eigenvalue weighted by Crippen LogP contribution is 2.24. The first-order valence-electron chi connectivity index (χ1n) is 12.8. The van der Waals surface area contributed by atoms with Crippen molar-refractivity contribution >= 4 is 29.1 Å². The summed E-state index contributed by atoms with van der Waals surface area (Å²) < 4.78 is 1.85. The number of carbonyl (C=O) groups excluding carboxylic acids is 2. The van der Waals surface area contributed by atoms with Gasteiger partial charge in [0.05, 0.1) is 6.20 Å². The summed E-state index contributed by atoms with van der Waals surface area (Å²) in [7, 11) is 0. The van der Waals surface area contributed by atoms with Crippen molar-refractivity contribution in [3.63, 3.8) is 0 Å². The average Bonchev–Trinajstić information content (AvgIpc) is 3.32. The first-order valence-corrected chi connectivity index (χ1v) is 12.8. The highest BCUT2D eigenvalue weighted by Gasteiger charge is 2.16. The number of nitrogens with zero attached hydrogens (tertiary/aromatic N) is 4. The molecule has 2 amide bonds. The van der Waals surface area contributed by atoms with Gasteiger partial charge >= 0.3 is 0 Å². The predicted molar refractivity (Wildman–Crippen MR) is 153 cm³/mol. The summed E-state index contributed by atoms with van der Waals surface area (Å²) in [5.41, 5.74) is 3.03. The minimum Gasteiger partial charge on any atom is -0.370 e. The van der Waals surface area contributed by atoms with Crippen LogP contribution < -0.4 is 10.6 Å². The van der Waals surface area contributed by atoms with E-state index in [0.29, 0.717) is 19.0 Å². The van der Waals surface area contributed by atoms with Gasteiger partial charge in [-0.05, 0) is 43.4 Å². The smallest absolute Gasteiger partial charge is 0.252 e. The number of anilines is 2. The molecule has 0 unspecified atom stereocenters. The van der Waals surface area contributed by atoms with Gasteiger partial charge in [0.2, 0.25) is 0 Å². The van der Waals surface area contributed by atoms with Crippen molar-refractivity contribution in [2.45, 2.75) is 52.4 Å². The van der Waals surface area contributed by atoms with Crippen LogP contribution in [0.4, 0.5) is 11.6 Å². The van der Waals surface area contributed by atoms with Gasteiger partial charge in [0, 0.05) is 31.3 Å². The van der Waals surface area contributed by atoms with Crippen LogP contribution in [-0.4, -0.2) is 50.9 Å². The molecule has 0 spiro atoms. The number of nitrogens with one attached hydrogen (secondary N) is 2. The van der Waals surface area contributed by atoms with Gasteiger partial charge in [-0.25, -0.2) is 4.98 Å². The summed E-state index contributed by atoms with van der Waals surface area (Å²) in [6, 6.07) is 1.98. The van der Waals surface area contributed by atoms with E-state index in [1.54, 1.807) is 6.08 Å². The van der Waals surface area contributed by atoms with E-state index in [1.165, 1.54) is 4.90 Å². The SMILES string of the molecule is C=C/C=C(\C=C/C)CNc1cc(NCCCCCCN(C(=O)C=C)C(=O)C=C)nc2c(C(C)C)cnn12. The number of unbranched alkanes of at least 4 members (excludes halogenated alkanes) is 3. The molecule has 0 fully saturated rings. The van der Waals surface area contributed by atoms with Gasteiger partial charge < -0.3 is 10.6 Å². The summed E-state index contributed by atoms with van der Waals surface area (Å²) in [4.78, 5) is 29.7. The topological polar surface area (TPSA) is 91.6 Å². The second-order valence-electron chi connectivity index (χ2n) is 8.92. The van der Waals surface area contributed by atoms with E-state index in [4.69, 9.17) is 4.98 Å². The van der Waals surface area contributed by atoms with Crippen molar-refractivity contribution in [3.05, 3.63) is 79.6 Å². The quantitative estimate of drug-likeness (QED) is 0.174. The normalized spacial score (nSPS) is 11.6. The molecule has 8 nitrogen and oxygen atoms in total. The Morgan fingerprint density at radius 3 is 2.41 bits per heavy atom. The second-order valence-corrected chi connectivity index (χ2v) is 8.92. The molecule has 2 aromatic heterocycles. The third-order valence-electron chi connectivity index (χ3n) is 5.80. The van der Waals surface area contributed by atoms with E-state index in [0.717, 1.165) is 72.8 Å². The maximum atomic E-state index is 11.9. The van der Waals surface area contributed by atoms with E-state index in [2.05, 4.69) is 55.4 Å². The molecule has 2 aromatic rings. The summed E-state index contributed by atoms with van der Waals surface area (Å²) >= 11 is 0. The van der Waals surface area contributed by atoms with Crippen LogP contribution >= 0.6 is 0 Å². The third-order valence-corrected chi connectivity index (χ3v) is 5.80. The van der Waals surface area contributed by atoms with Gasteiger partial charge in [-0.3, -0.25) is 14.5 Å². The van der Waals surface area contributed by atoms with Crippen LogP contribution in [0.1, 0.15) is 57.9 Å². The van der Waals surface area contributed by atoms with Crippen molar-refractivity contribution < 1.29 is 9.59 Å². The Morgan fingerprint density at radius 1 is 1.08 bits per heavy atom. The van der Waals surface area contributed by atoms with Crippen molar-refractivity contribution in [1.82, 2.24) is 19.5 Å². The molecule has 0 saturated carbocycles. The molecule has 2 N–H and O–H groups in total. The monoisotopic (exact) mass is 504 g/mol. The highest BCUT2D eigenvalue weighted by atomic mass is 16.2. The molecule has 198 valence electrons. The van der Waals surface area contributed by atoms with Crippen molar-refractivity contribution in [1.29, 1.82) is 0 Å². The first-order chi connectivity index (χ1) is 17.9. The summed E-state index contributed by atoms with van der Waals surface area (Å²) in [5.74, 6) is 1.16. The largest absolute Gasteiger partial charge is 0.370 e. The molecular formula is C29H40N6O2. The lowest BCUT2D eigenvalue weighted by molar-refractivity contribution is -0.138. The standard InChI is InChI=1S/C29H40N6O2/c1-7-15-23(16-8-2)20-31-26-19-25(33-29-24(22(5)6)21-32-35(26)29)30-17-13-11-12-14-18-34(27(36)9-3)28(37)10-4/h7-10,15-16,19,21-22,31H,1,3-4,11-14,17-18,20H2,2,5-6H3,(H,30,33)/b16-8-,23-15+. The number of aromatic nitrogens is 3. The zero-order chi connectivity index (χ0) is 27.2. The Hall–Kier alpha value is -3.94. The number of allylic oxidation sites excluding steroid dienone is 3. The Labute approximate surface area is 220 Å². The second kappa shape index (κ2) is 15.2. The van der Waals surface area contributed by atoms with Crippen LogP contribution in [-0.2, 0) is 9.59 Å². The molecule has 37 heavy (non-hydrogen) atoms. The van der Waals surface area contributed by atoms with E-state index in [1.807, 2.05) is 35.9 Å². The molecule has 0 aliphatic rings. The lowest BCUT2D eigenvalue weighted by Gasteiger charge is -2.17. The minimum atomic E-state index is -0.393. The Morgan fingerprint density at radius 2 is 1.78 bits per heavy atom. The van der Waals surface area contributed by atoms with Crippen LogP contribution in [0, 0.1) is 0 Å². The number of carbonyl (C=O) groups is 2. The average molecular weight is 505 g/mol. The van der Waals surface area contributed by atoms with Gasteiger partial charge in [0.25, 0.3) is 11.8 Å². The third kappa shape index (κ3) is 8.59. The molecule has 2 rings (SSSR count). The fourth-order valence-corrected chi connectivity index (χ4v) is 3.85. The highest BCUT2D eigenvalue weighted by molar-refractivity contribution is 6.04. The molecule has 0 bridgehead atoms. The van der Waals surface area contributed by atoms with Crippen molar-refractivity contribution in [3.8, 4) is 0 Å². The maximum Gasteiger partial charge on any atom is 0.252 e. The molecule has 0 aromatic carbocycles. The Balaban J connectivity index is 2.00. The zero-order valence-electron chi connectivity index (χ0n) is 22.4. The van der Waals surface area contributed by atoms with E-state index < -0.39 is 11.8 Å². The maximum absolute atomic E-state index is 11.9. The van der Waals surface area contributed by atoms with Gasteiger partial charge in [-0.15, -0.1) is 0 Å². The molecule has 8 heteroatoms. The van der Waals surface area contributed by atoms with Crippen LogP contribution in [0.2, 0.25) is 0 Å². The molecule has 0 saturated heterocycles. The molecule has 0 aliphatic heterocycles. The molecule has 0 atom stereocenters. The Bertz CT molecular complexity index is 1140. The fourth-order valence-electron chi connectivity index (χ4n) is 3.85. The van der Waals surface area contributed by atoms with Gasteiger partial charge in [0.15, 0.2) is 5.65 Å². The van der Waals surface area contributed by atoms with E-state index >= 15 is 0 Å². The lowest BCUT2D eigenvalue weighted by Crippen LogP contribution is -2.35. The van der Waals surface area contributed by atoms with E-state index in [9.17, 15) is 9.59 Å². The van der Waals surface area contributed by atoms with E-state index in [-0.39, 0.29) is 0 Å². The van der Waals surface area contributed by atoms with Gasteiger partial charge in [-0.2, -0.15) is 9.61 Å². The summed E-state index contributed by atoms with van der Waals surface area (Å²) in [6.45, 7) is 18.7. The number of rotatable bonds is 16. The summed E-state index contributed by atoms with van der Waals surface area (Å²) in [5, 5.41) is 11.5. The van der Waals surface area contributed by atoms with Crippen molar-refractivity contribution in [2.75, 3.05) is 30.3 Å². The Kier molecular flexibility index (Phi) is 12.1. The summed E-state index contributed by atoms with van der Waals surface area (Å²) in [6.07, 6.45) is 15.5. The van der Waals surface area contributed by atoms with Crippen LogP contribution in [0.15, 0.2) is 74.0 Å². The zero-order valence-corrected chi connectivity index (χ0v) is 22.4. The van der Waals surface area contributed by atoms with Crippen molar-refractivity contribution in [2.24, 2.45) is 0 Å².